The SMILES string of the molecule is CCCNc1cc(C(F)(F)F)cc(NC2(CO)CCC2)n1. The van der Waals surface area contributed by atoms with Crippen LogP contribution < -0.4 is 10.6 Å². The minimum atomic E-state index is -4.42. The number of rotatable bonds is 6. The largest absolute Gasteiger partial charge is 0.416 e. The molecule has 0 saturated heterocycles. The zero-order valence-corrected chi connectivity index (χ0v) is 11.9. The minimum absolute atomic E-state index is 0.108. The summed E-state index contributed by atoms with van der Waals surface area (Å²) in [7, 11) is 0. The molecule has 1 aliphatic carbocycles. The van der Waals surface area contributed by atoms with Gasteiger partial charge in [-0.1, -0.05) is 6.92 Å². The Morgan fingerprint density at radius 1 is 1.29 bits per heavy atom. The fourth-order valence-electron chi connectivity index (χ4n) is 2.30. The minimum Gasteiger partial charge on any atom is -0.394 e. The third-order valence-electron chi connectivity index (χ3n) is 3.72. The molecule has 3 N–H and O–H groups in total. The Kier molecular flexibility index (Phi) is 4.61. The lowest BCUT2D eigenvalue weighted by Crippen LogP contribution is -2.48. The fraction of sp³-hybridized carbons (Fsp3) is 0.643. The number of halogens is 3. The summed E-state index contributed by atoms with van der Waals surface area (Å²) >= 11 is 0. The molecule has 0 aromatic carbocycles. The van der Waals surface area contributed by atoms with E-state index in [0.717, 1.165) is 37.8 Å². The second-order valence-corrected chi connectivity index (χ2v) is 5.47. The van der Waals surface area contributed by atoms with Crippen LogP contribution in [-0.2, 0) is 6.18 Å². The second kappa shape index (κ2) is 6.09. The number of nitrogens with zero attached hydrogens (tertiary/aromatic N) is 1. The number of aliphatic hydroxyl groups is 1. The maximum Gasteiger partial charge on any atom is 0.416 e. The molecule has 1 aromatic rings. The lowest BCUT2D eigenvalue weighted by atomic mass is 9.77. The van der Waals surface area contributed by atoms with Gasteiger partial charge < -0.3 is 15.7 Å². The fourth-order valence-corrected chi connectivity index (χ4v) is 2.30. The monoisotopic (exact) mass is 303 g/mol. The molecule has 1 aromatic heterocycles. The molecule has 0 amide bonds. The normalized spacial score (nSPS) is 17.2. The molecule has 118 valence electrons. The zero-order valence-electron chi connectivity index (χ0n) is 11.9. The molecular weight excluding hydrogens is 283 g/mol. The highest BCUT2D eigenvalue weighted by molar-refractivity contribution is 5.51. The summed E-state index contributed by atoms with van der Waals surface area (Å²) in [5, 5.41) is 15.3. The van der Waals surface area contributed by atoms with Gasteiger partial charge in [-0.05, 0) is 37.8 Å². The quantitative estimate of drug-likeness (QED) is 0.755. The zero-order chi connectivity index (χ0) is 15.5. The number of anilines is 2. The van der Waals surface area contributed by atoms with Crippen molar-refractivity contribution in [2.45, 2.75) is 44.3 Å². The van der Waals surface area contributed by atoms with Crippen LogP contribution >= 0.6 is 0 Å². The lowest BCUT2D eigenvalue weighted by Gasteiger charge is -2.41. The molecule has 4 nitrogen and oxygen atoms in total. The molecule has 0 aliphatic heterocycles. The van der Waals surface area contributed by atoms with Crippen LogP contribution in [0.3, 0.4) is 0 Å². The molecule has 2 rings (SSSR count). The molecule has 0 unspecified atom stereocenters. The average Bonchev–Trinajstić information content (AvgIpc) is 2.39. The number of hydrogen-bond donors (Lipinski definition) is 3. The van der Waals surface area contributed by atoms with Gasteiger partial charge in [-0.25, -0.2) is 4.98 Å². The van der Waals surface area contributed by atoms with Gasteiger partial charge in [0.05, 0.1) is 17.7 Å². The Labute approximate surface area is 121 Å². The van der Waals surface area contributed by atoms with Crippen LogP contribution in [0.2, 0.25) is 0 Å². The number of alkyl halides is 3. The van der Waals surface area contributed by atoms with Crippen LogP contribution in [0.15, 0.2) is 12.1 Å². The van der Waals surface area contributed by atoms with Gasteiger partial charge in [-0.15, -0.1) is 0 Å². The summed E-state index contributed by atoms with van der Waals surface area (Å²) in [6.45, 7) is 2.37. The van der Waals surface area contributed by atoms with Gasteiger partial charge in [0.2, 0.25) is 0 Å². The van der Waals surface area contributed by atoms with E-state index in [2.05, 4.69) is 15.6 Å². The first-order valence-corrected chi connectivity index (χ1v) is 7.11. The molecular formula is C14H20F3N3O. The van der Waals surface area contributed by atoms with Crippen LogP contribution in [0.25, 0.3) is 0 Å². The van der Waals surface area contributed by atoms with Crippen LogP contribution in [-0.4, -0.2) is 28.8 Å². The molecule has 21 heavy (non-hydrogen) atoms. The third-order valence-corrected chi connectivity index (χ3v) is 3.72. The van der Waals surface area contributed by atoms with Crippen LogP contribution in [0.1, 0.15) is 38.2 Å². The highest BCUT2D eigenvalue weighted by atomic mass is 19.4. The highest BCUT2D eigenvalue weighted by Gasteiger charge is 2.37. The van der Waals surface area contributed by atoms with Gasteiger partial charge in [0.25, 0.3) is 0 Å². The van der Waals surface area contributed by atoms with Crippen LogP contribution in [0.4, 0.5) is 24.8 Å². The first-order chi connectivity index (χ1) is 9.88. The molecule has 0 spiro atoms. The van der Waals surface area contributed by atoms with Gasteiger partial charge in [-0.3, -0.25) is 0 Å². The van der Waals surface area contributed by atoms with Crippen molar-refractivity contribution < 1.29 is 18.3 Å². The Morgan fingerprint density at radius 3 is 2.43 bits per heavy atom. The predicted molar refractivity (Wildman–Crippen MR) is 75.3 cm³/mol. The van der Waals surface area contributed by atoms with Crippen molar-refractivity contribution in [3.63, 3.8) is 0 Å². The number of aromatic nitrogens is 1. The topological polar surface area (TPSA) is 57.2 Å². The number of aliphatic hydroxyl groups excluding tert-OH is 1. The van der Waals surface area contributed by atoms with E-state index in [4.69, 9.17) is 0 Å². The van der Waals surface area contributed by atoms with Crippen molar-refractivity contribution >= 4 is 11.6 Å². The Balaban J connectivity index is 2.26. The average molecular weight is 303 g/mol. The molecule has 1 saturated carbocycles. The summed E-state index contributed by atoms with van der Waals surface area (Å²) in [5.74, 6) is 0.346. The molecule has 0 radical (unpaired) electrons. The van der Waals surface area contributed by atoms with Crippen LogP contribution in [0.5, 0.6) is 0 Å². The van der Waals surface area contributed by atoms with E-state index in [9.17, 15) is 18.3 Å². The smallest absolute Gasteiger partial charge is 0.394 e. The van der Waals surface area contributed by atoms with Gasteiger partial charge in [-0.2, -0.15) is 13.2 Å². The Bertz CT molecular complexity index is 481. The summed E-state index contributed by atoms with van der Waals surface area (Å²) in [6, 6.07) is 2.00. The molecule has 1 heterocycles. The number of nitrogens with one attached hydrogen (secondary N) is 2. The van der Waals surface area contributed by atoms with Crippen molar-refractivity contribution in [1.29, 1.82) is 0 Å². The van der Waals surface area contributed by atoms with E-state index in [1.165, 1.54) is 0 Å². The van der Waals surface area contributed by atoms with Gasteiger partial charge in [0.15, 0.2) is 0 Å². The van der Waals surface area contributed by atoms with E-state index >= 15 is 0 Å². The van der Waals surface area contributed by atoms with Crippen molar-refractivity contribution in [3.8, 4) is 0 Å². The standard InChI is InChI=1S/C14H20F3N3O/c1-2-6-18-11-7-10(14(15,16)17)8-12(19-11)20-13(9-21)4-3-5-13/h7-8,21H,2-6,9H2,1H3,(H2,18,19,20). The first kappa shape index (κ1) is 15.9. The Morgan fingerprint density at radius 2 is 1.95 bits per heavy atom. The van der Waals surface area contributed by atoms with E-state index in [0.29, 0.717) is 6.54 Å². The Hall–Kier alpha value is -1.50. The lowest BCUT2D eigenvalue weighted by molar-refractivity contribution is -0.137. The summed E-state index contributed by atoms with van der Waals surface area (Å²) in [6.07, 6.45) is -1.21. The molecule has 1 fully saturated rings. The van der Waals surface area contributed by atoms with Crippen molar-refractivity contribution in [2.75, 3.05) is 23.8 Å². The van der Waals surface area contributed by atoms with E-state index < -0.39 is 17.3 Å². The van der Waals surface area contributed by atoms with E-state index in [1.54, 1.807) is 0 Å². The summed E-state index contributed by atoms with van der Waals surface area (Å²) < 4.78 is 38.8. The summed E-state index contributed by atoms with van der Waals surface area (Å²) in [4.78, 5) is 4.17. The van der Waals surface area contributed by atoms with Gasteiger partial charge in [0, 0.05) is 6.54 Å². The van der Waals surface area contributed by atoms with E-state index in [-0.39, 0.29) is 18.2 Å². The molecule has 7 heteroatoms. The van der Waals surface area contributed by atoms with Crippen molar-refractivity contribution in [2.24, 2.45) is 0 Å². The van der Waals surface area contributed by atoms with Crippen molar-refractivity contribution in [1.82, 2.24) is 4.98 Å². The van der Waals surface area contributed by atoms with Crippen LogP contribution in [0, 0.1) is 0 Å². The first-order valence-electron chi connectivity index (χ1n) is 7.11. The number of hydrogen-bond acceptors (Lipinski definition) is 4. The molecule has 0 bridgehead atoms. The van der Waals surface area contributed by atoms with Crippen molar-refractivity contribution in [3.05, 3.63) is 17.7 Å². The molecule has 0 atom stereocenters. The van der Waals surface area contributed by atoms with E-state index in [1.807, 2.05) is 6.92 Å². The van der Waals surface area contributed by atoms with Gasteiger partial charge >= 0.3 is 6.18 Å². The maximum absolute atomic E-state index is 12.9. The maximum atomic E-state index is 12.9. The predicted octanol–water partition coefficient (Wildman–Crippen LogP) is 3.25. The highest BCUT2D eigenvalue weighted by Crippen LogP contribution is 2.37. The molecule has 1 aliphatic rings. The second-order valence-electron chi connectivity index (χ2n) is 5.47. The van der Waals surface area contributed by atoms with Gasteiger partial charge in [0.1, 0.15) is 11.6 Å². The summed E-state index contributed by atoms with van der Waals surface area (Å²) in [5.41, 5.74) is -1.27. The number of pyridine rings is 1. The third kappa shape index (κ3) is 3.78.